The van der Waals surface area contributed by atoms with E-state index in [1.54, 1.807) is 17.1 Å². The lowest BCUT2D eigenvalue weighted by molar-refractivity contribution is 0.477. The van der Waals surface area contributed by atoms with Crippen LogP contribution in [0.2, 0.25) is 0 Å². The maximum Gasteiger partial charge on any atom is 0.0766 e. The van der Waals surface area contributed by atoms with Gasteiger partial charge in [-0.15, -0.1) is 5.10 Å². The van der Waals surface area contributed by atoms with Crippen LogP contribution in [0.5, 0.6) is 0 Å². The Balaban J connectivity index is 2.00. The zero-order chi connectivity index (χ0) is 12.1. The predicted octanol–water partition coefficient (Wildman–Crippen LogP) is 0.347. The molecule has 2 aromatic heterocycles. The van der Waals surface area contributed by atoms with Crippen LogP contribution in [0.3, 0.4) is 0 Å². The highest BCUT2D eigenvalue weighted by molar-refractivity contribution is 5.06. The van der Waals surface area contributed by atoms with Gasteiger partial charge in [-0.05, 0) is 25.0 Å². The fourth-order valence-electron chi connectivity index (χ4n) is 1.77. The lowest BCUT2D eigenvalue weighted by Crippen LogP contribution is -2.30. The van der Waals surface area contributed by atoms with E-state index in [0.29, 0.717) is 0 Å². The van der Waals surface area contributed by atoms with E-state index in [1.165, 1.54) is 0 Å². The topological polar surface area (TPSA) is 81.7 Å². The smallest absolute Gasteiger partial charge is 0.0766 e. The van der Waals surface area contributed by atoms with Crippen molar-refractivity contribution < 1.29 is 0 Å². The summed E-state index contributed by atoms with van der Waals surface area (Å²) < 4.78 is 1.73. The van der Waals surface area contributed by atoms with Crippen molar-refractivity contribution in [3.63, 3.8) is 0 Å². The molecule has 0 saturated carbocycles. The molecule has 0 aliphatic heterocycles. The number of nitrogens with one attached hydrogen (secondary N) is 1. The van der Waals surface area contributed by atoms with Gasteiger partial charge in [0.1, 0.15) is 0 Å². The summed E-state index contributed by atoms with van der Waals surface area (Å²) in [5.74, 6) is 5.56. The highest BCUT2D eigenvalue weighted by Crippen LogP contribution is 2.15. The molecule has 6 heteroatoms. The standard InChI is InChI=1S/C11H16N6/c1-17-11(8-14-16-17)10(15-12)6-5-9-4-2-3-7-13-9/h2-4,7-8,10,15H,5-6,12H2,1H3. The monoisotopic (exact) mass is 232 g/mol. The van der Waals surface area contributed by atoms with Crippen LogP contribution < -0.4 is 11.3 Å². The third kappa shape index (κ3) is 2.86. The molecular weight excluding hydrogens is 216 g/mol. The van der Waals surface area contributed by atoms with Gasteiger partial charge < -0.3 is 0 Å². The van der Waals surface area contributed by atoms with E-state index in [-0.39, 0.29) is 6.04 Å². The van der Waals surface area contributed by atoms with Gasteiger partial charge in [-0.3, -0.25) is 20.9 Å². The summed E-state index contributed by atoms with van der Waals surface area (Å²) in [4.78, 5) is 4.28. The molecule has 0 aliphatic carbocycles. The van der Waals surface area contributed by atoms with Crippen molar-refractivity contribution in [3.8, 4) is 0 Å². The molecule has 0 amide bonds. The fourth-order valence-corrected chi connectivity index (χ4v) is 1.77. The maximum absolute atomic E-state index is 5.56. The van der Waals surface area contributed by atoms with Crippen LogP contribution in [0.4, 0.5) is 0 Å². The summed E-state index contributed by atoms with van der Waals surface area (Å²) in [5.41, 5.74) is 4.82. The summed E-state index contributed by atoms with van der Waals surface area (Å²) >= 11 is 0. The predicted molar refractivity (Wildman–Crippen MR) is 63.6 cm³/mol. The molecule has 0 saturated heterocycles. The van der Waals surface area contributed by atoms with Gasteiger partial charge in [0.15, 0.2) is 0 Å². The zero-order valence-corrected chi connectivity index (χ0v) is 9.74. The minimum atomic E-state index is 0.0389. The first kappa shape index (κ1) is 11.7. The largest absolute Gasteiger partial charge is 0.271 e. The first-order valence-corrected chi connectivity index (χ1v) is 5.52. The van der Waals surface area contributed by atoms with Gasteiger partial charge in [0.25, 0.3) is 0 Å². The quantitative estimate of drug-likeness (QED) is 0.574. The number of hydrogen-bond donors (Lipinski definition) is 2. The molecular formula is C11H16N6. The molecule has 6 nitrogen and oxygen atoms in total. The van der Waals surface area contributed by atoms with Crippen LogP contribution in [0.1, 0.15) is 23.9 Å². The number of aromatic nitrogens is 4. The van der Waals surface area contributed by atoms with Crippen LogP contribution in [-0.4, -0.2) is 20.0 Å². The van der Waals surface area contributed by atoms with Crippen molar-refractivity contribution >= 4 is 0 Å². The molecule has 1 unspecified atom stereocenters. The average Bonchev–Trinajstić information content (AvgIpc) is 2.78. The Hall–Kier alpha value is -1.79. The molecule has 0 bridgehead atoms. The SMILES string of the molecule is Cn1nncc1C(CCc1ccccn1)NN. The Labute approximate surface area is 99.8 Å². The summed E-state index contributed by atoms with van der Waals surface area (Å²) in [5, 5.41) is 7.74. The van der Waals surface area contributed by atoms with Gasteiger partial charge in [0, 0.05) is 18.9 Å². The Morgan fingerprint density at radius 1 is 1.47 bits per heavy atom. The molecule has 0 aliphatic rings. The van der Waals surface area contributed by atoms with Crippen LogP contribution in [0.15, 0.2) is 30.6 Å². The number of aryl methyl sites for hydroxylation is 2. The molecule has 1 atom stereocenters. The molecule has 2 rings (SSSR count). The Morgan fingerprint density at radius 2 is 2.35 bits per heavy atom. The van der Waals surface area contributed by atoms with E-state index >= 15 is 0 Å². The van der Waals surface area contributed by atoms with Crippen LogP contribution in [0.25, 0.3) is 0 Å². The zero-order valence-electron chi connectivity index (χ0n) is 9.74. The van der Waals surface area contributed by atoms with Gasteiger partial charge in [0.2, 0.25) is 0 Å². The molecule has 2 heterocycles. The Morgan fingerprint density at radius 3 is 2.94 bits per heavy atom. The van der Waals surface area contributed by atoms with Crippen molar-refractivity contribution in [2.75, 3.05) is 0 Å². The van der Waals surface area contributed by atoms with E-state index < -0.39 is 0 Å². The first-order valence-electron chi connectivity index (χ1n) is 5.52. The first-order chi connectivity index (χ1) is 8.31. The van der Waals surface area contributed by atoms with Crippen molar-refractivity contribution in [1.29, 1.82) is 0 Å². The molecule has 0 aromatic carbocycles. The third-order valence-corrected chi connectivity index (χ3v) is 2.72. The maximum atomic E-state index is 5.56. The molecule has 0 spiro atoms. The van der Waals surface area contributed by atoms with Crippen LogP contribution in [0, 0.1) is 0 Å². The highest BCUT2D eigenvalue weighted by Gasteiger charge is 2.14. The van der Waals surface area contributed by atoms with Crippen molar-refractivity contribution in [2.45, 2.75) is 18.9 Å². The van der Waals surface area contributed by atoms with Crippen LogP contribution >= 0.6 is 0 Å². The second-order valence-corrected chi connectivity index (χ2v) is 3.86. The number of nitrogens with two attached hydrogens (primary N) is 1. The fraction of sp³-hybridized carbons (Fsp3) is 0.364. The number of hydrogen-bond acceptors (Lipinski definition) is 5. The van der Waals surface area contributed by atoms with Gasteiger partial charge in [0.05, 0.1) is 17.9 Å². The van der Waals surface area contributed by atoms with Gasteiger partial charge in [-0.2, -0.15) is 0 Å². The summed E-state index contributed by atoms with van der Waals surface area (Å²) in [6.45, 7) is 0. The van der Waals surface area contributed by atoms with Gasteiger partial charge in [-0.1, -0.05) is 11.3 Å². The number of nitrogens with zero attached hydrogens (tertiary/aromatic N) is 4. The molecule has 0 radical (unpaired) electrons. The second kappa shape index (κ2) is 5.51. The van der Waals surface area contributed by atoms with E-state index in [4.69, 9.17) is 5.84 Å². The van der Waals surface area contributed by atoms with Crippen molar-refractivity contribution in [3.05, 3.63) is 42.0 Å². The highest BCUT2D eigenvalue weighted by atomic mass is 15.4. The number of hydrazine groups is 1. The summed E-state index contributed by atoms with van der Waals surface area (Å²) in [7, 11) is 1.85. The molecule has 0 fully saturated rings. The van der Waals surface area contributed by atoms with Gasteiger partial charge >= 0.3 is 0 Å². The number of pyridine rings is 1. The van der Waals surface area contributed by atoms with Crippen LogP contribution in [-0.2, 0) is 13.5 Å². The summed E-state index contributed by atoms with van der Waals surface area (Å²) in [6.07, 6.45) is 5.24. The van der Waals surface area contributed by atoms with Crippen molar-refractivity contribution in [2.24, 2.45) is 12.9 Å². The third-order valence-electron chi connectivity index (χ3n) is 2.72. The molecule has 90 valence electrons. The normalized spacial score (nSPS) is 12.6. The number of rotatable bonds is 5. The van der Waals surface area contributed by atoms with Crippen molar-refractivity contribution in [1.82, 2.24) is 25.4 Å². The van der Waals surface area contributed by atoms with E-state index in [1.807, 2.05) is 25.2 Å². The van der Waals surface area contributed by atoms with E-state index in [9.17, 15) is 0 Å². The minimum Gasteiger partial charge on any atom is -0.271 e. The molecule has 2 aromatic rings. The lowest BCUT2D eigenvalue weighted by Gasteiger charge is -2.14. The van der Waals surface area contributed by atoms with Gasteiger partial charge in [-0.25, -0.2) is 0 Å². The molecule has 3 N–H and O–H groups in total. The second-order valence-electron chi connectivity index (χ2n) is 3.86. The van der Waals surface area contributed by atoms with E-state index in [2.05, 4.69) is 20.7 Å². The van der Waals surface area contributed by atoms with E-state index in [0.717, 1.165) is 24.2 Å². The summed E-state index contributed by atoms with van der Waals surface area (Å²) in [6, 6.07) is 5.94. The average molecular weight is 232 g/mol. The minimum absolute atomic E-state index is 0.0389. The Bertz CT molecular complexity index is 452. The lowest BCUT2D eigenvalue weighted by atomic mass is 10.1. The molecule has 17 heavy (non-hydrogen) atoms. The Kier molecular flexibility index (Phi) is 3.79.